The van der Waals surface area contributed by atoms with Crippen LogP contribution in [0.15, 0.2) is 128 Å². The van der Waals surface area contributed by atoms with Gasteiger partial charge in [0.1, 0.15) is 35.4 Å². The molecular formula is C57H55N3O7S. The second-order valence-corrected chi connectivity index (χ2v) is 19.7. The standard InChI is InChI=1S/C57H55N3O7S/c1-37-47(23-26-58-37)50(35-59(4)36-61)49-31-42(56(2,3)65)13-22-51(49)67-46-17-7-38(8-18-46)5-6-39-33-57(34-39)24-27-60(28-25-57)29-30-66-45-19-11-40(12-20-45)54(64)53-48-21-16-44(63)32-52(48)68-55(53)41-9-14-43(62)15-10-41/h7-23,26,31-32,35-36,39,58,62-63,65H,24-25,27-30,33-34H2,1-4H3/b50-35+. The lowest BCUT2D eigenvalue weighted by molar-refractivity contribution is -0.114. The topological polar surface area (TPSA) is 136 Å². The molecule has 1 spiro atoms. The van der Waals surface area contributed by atoms with Crippen LogP contribution in [-0.2, 0) is 10.4 Å². The Bertz CT molecular complexity index is 3040. The number of piperidine rings is 1. The van der Waals surface area contributed by atoms with Gasteiger partial charge in [-0.1, -0.05) is 17.9 Å². The van der Waals surface area contributed by atoms with Gasteiger partial charge in [0.15, 0.2) is 5.78 Å². The molecule has 1 aliphatic heterocycles. The normalized spacial score (nSPS) is 15.1. The quantitative estimate of drug-likeness (QED) is 0.0481. The number of hydrogen-bond acceptors (Lipinski definition) is 9. The van der Waals surface area contributed by atoms with E-state index in [-0.39, 0.29) is 17.3 Å². The highest BCUT2D eigenvalue weighted by molar-refractivity contribution is 7.22. The number of likely N-dealkylation sites (tertiary alicyclic amines) is 1. The number of nitrogens with zero attached hydrogens (tertiary/aromatic N) is 2. The fraction of sp³-hybridized carbons (Fsp3) is 0.263. The number of ether oxygens (including phenoxy) is 2. The number of aromatic nitrogens is 1. The summed E-state index contributed by atoms with van der Waals surface area (Å²) >= 11 is 1.44. The van der Waals surface area contributed by atoms with Crippen molar-refractivity contribution in [3.8, 4) is 51.0 Å². The molecule has 7 aromatic rings. The Hall–Kier alpha value is -7.10. The van der Waals surface area contributed by atoms with Gasteiger partial charge in [0.05, 0.1) is 5.60 Å². The van der Waals surface area contributed by atoms with Crippen LogP contribution in [0.25, 0.3) is 26.1 Å². The van der Waals surface area contributed by atoms with Crippen molar-refractivity contribution < 1.29 is 34.4 Å². The van der Waals surface area contributed by atoms with E-state index < -0.39 is 5.60 Å². The number of nitrogens with one attached hydrogen (secondary N) is 1. The number of aliphatic hydroxyl groups is 1. The van der Waals surface area contributed by atoms with Gasteiger partial charge in [-0.2, -0.15) is 0 Å². The highest BCUT2D eigenvalue weighted by Gasteiger charge is 2.45. The SMILES string of the molecule is Cc1[nH]ccc1/C(=C\N(C)C=O)c1cc(C(C)(C)O)ccc1Oc1ccc(C#CC2CC3(CCN(CCOc4ccc(C(=O)c5c(-c6ccc(O)cc6)sc6cc(O)ccc56)cc4)CC3)C2)cc1. The van der Waals surface area contributed by atoms with Crippen LogP contribution in [0.4, 0.5) is 0 Å². The number of aryl methyl sites for hydroxylation is 1. The van der Waals surface area contributed by atoms with Crippen molar-refractivity contribution in [2.24, 2.45) is 11.3 Å². The van der Waals surface area contributed by atoms with Gasteiger partial charge in [-0.05, 0) is 185 Å². The number of aromatic hydroxyl groups is 2. The number of phenols is 2. The van der Waals surface area contributed by atoms with Crippen LogP contribution in [0.2, 0.25) is 0 Å². The van der Waals surface area contributed by atoms with Gasteiger partial charge >= 0.3 is 0 Å². The van der Waals surface area contributed by atoms with Crippen LogP contribution < -0.4 is 9.47 Å². The molecule has 10 nitrogen and oxygen atoms in total. The van der Waals surface area contributed by atoms with Gasteiger partial charge in [0, 0.05) is 86.0 Å². The first-order chi connectivity index (χ1) is 32.7. The first kappa shape index (κ1) is 46.0. The monoisotopic (exact) mass is 925 g/mol. The van der Waals surface area contributed by atoms with Crippen LogP contribution >= 0.6 is 11.3 Å². The summed E-state index contributed by atoms with van der Waals surface area (Å²) in [6.45, 7) is 8.93. The minimum atomic E-state index is -1.08. The molecule has 2 aliphatic rings. The van der Waals surface area contributed by atoms with Gasteiger partial charge < -0.3 is 34.7 Å². The molecule has 1 aliphatic carbocycles. The molecular weight excluding hydrogens is 871 g/mol. The Labute approximate surface area is 401 Å². The molecule has 5 aromatic carbocycles. The Morgan fingerprint density at radius 1 is 0.897 bits per heavy atom. The number of amides is 1. The Balaban J connectivity index is 0.761. The van der Waals surface area contributed by atoms with Crippen LogP contribution in [0.1, 0.15) is 83.4 Å². The van der Waals surface area contributed by atoms with Crippen molar-refractivity contribution in [2.75, 3.05) is 33.3 Å². The second-order valence-electron chi connectivity index (χ2n) is 18.7. The lowest BCUT2D eigenvalue weighted by Crippen LogP contribution is -2.47. The molecule has 0 unspecified atom stereocenters. The van der Waals surface area contributed by atoms with Crippen LogP contribution in [-0.4, -0.2) is 75.6 Å². The molecule has 3 heterocycles. The van der Waals surface area contributed by atoms with Gasteiger partial charge in [0.2, 0.25) is 6.41 Å². The maximum atomic E-state index is 14.0. The summed E-state index contributed by atoms with van der Waals surface area (Å²) in [5, 5.41) is 31.7. The molecule has 0 radical (unpaired) electrons. The highest BCUT2D eigenvalue weighted by Crippen LogP contribution is 2.52. The maximum absolute atomic E-state index is 14.0. The van der Waals surface area contributed by atoms with Crippen molar-refractivity contribution in [1.29, 1.82) is 0 Å². The van der Waals surface area contributed by atoms with Crippen molar-refractivity contribution in [3.05, 3.63) is 167 Å². The molecule has 1 amide bonds. The predicted molar refractivity (Wildman–Crippen MR) is 268 cm³/mol. The van der Waals surface area contributed by atoms with Crippen LogP contribution in [0.5, 0.6) is 28.7 Å². The number of hydrogen-bond donors (Lipinski definition) is 4. The number of ketones is 1. The fourth-order valence-corrected chi connectivity index (χ4v) is 10.6. The highest BCUT2D eigenvalue weighted by atomic mass is 32.1. The fourth-order valence-electron chi connectivity index (χ4n) is 9.40. The molecule has 68 heavy (non-hydrogen) atoms. The third kappa shape index (κ3) is 10.1. The number of aromatic amines is 1. The van der Waals surface area contributed by atoms with Gasteiger partial charge in [0.25, 0.3) is 0 Å². The average Bonchev–Trinajstić information content (AvgIpc) is 3.93. The number of thiophene rings is 1. The summed E-state index contributed by atoms with van der Waals surface area (Å²) in [6, 6.07) is 34.6. The minimum absolute atomic E-state index is 0.112. The predicted octanol–water partition coefficient (Wildman–Crippen LogP) is 11.3. The van der Waals surface area contributed by atoms with E-state index in [1.807, 2.05) is 85.9 Å². The van der Waals surface area contributed by atoms with E-state index in [1.54, 1.807) is 69.6 Å². The number of rotatable bonds is 14. The summed E-state index contributed by atoms with van der Waals surface area (Å²) in [6.07, 6.45) is 8.94. The van der Waals surface area contributed by atoms with E-state index in [0.717, 1.165) is 106 Å². The molecule has 9 rings (SSSR count). The van der Waals surface area contributed by atoms with Crippen LogP contribution in [0.3, 0.4) is 0 Å². The first-order valence-corrected chi connectivity index (χ1v) is 23.8. The number of carbonyl (C=O) groups is 2. The van der Waals surface area contributed by atoms with Crippen LogP contribution in [0, 0.1) is 30.1 Å². The minimum Gasteiger partial charge on any atom is -0.508 e. The van der Waals surface area contributed by atoms with E-state index >= 15 is 0 Å². The molecule has 0 bridgehead atoms. The molecule has 2 aromatic heterocycles. The third-order valence-corrected chi connectivity index (χ3v) is 14.5. The molecule has 0 atom stereocenters. The van der Waals surface area contributed by atoms with E-state index in [0.29, 0.717) is 46.3 Å². The Morgan fingerprint density at radius 2 is 1.60 bits per heavy atom. The number of benzene rings is 5. The maximum Gasteiger partial charge on any atom is 0.213 e. The zero-order valence-corrected chi connectivity index (χ0v) is 39.5. The molecule has 1 saturated heterocycles. The number of carbonyl (C=O) groups excluding carboxylic acids is 2. The van der Waals surface area contributed by atoms with E-state index in [4.69, 9.17) is 9.47 Å². The van der Waals surface area contributed by atoms with E-state index in [9.17, 15) is 24.9 Å². The summed E-state index contributed by atoms with van der Waals surface area (Å²) in [5.74, 6) is 9.48. The summed E-state index contributed by atoms with van der Waals surface area (Å²) in [4.78, 5) is 33.7. The molecule has 346 valence electrons. The molecule has 1 saturated carbocycles. The Kier molecular flexibility index (Phi) is 13.0. The smallest absolute Gasteiger partial charge is 0.213 e. The summed E-state index contributed by atoms with van der Waals surface area (Å²) < 4.78 is 13.5. The number of H-pyrrole nitrogens is 1. The zero-order valence-electron chi connectivity index (χ0n) is 38.7. The largest absolute Gasteiger partial charge is 0.508 e. The lowest BCUT2D eigenvalue weighted by atomic mass is 9.58. The zero-order chi connectivity index (χ0) is 47.6. The first-order valence-electron chi connectivity index (χ1n) is 23.0. The molecule has 11 heteroatoms. The summed E-state index contributed by atoms with van der Waals surface area (Å²) in [5.41, 5.74) is 6.27. The Morgan fingerprint density at radius 3 is 2.28 bits per heavy atom. The number of phenolic OH excluding ortho intramolecular Hbond substituents is 2. The summed E-state index contributed by atoms with van der Waals surface area (Å²) in [7, 11) is 1.69. The molecule has 2 fully saturated rings. The van der Waals surface area contributed by atoms with Crippen molar-refractivity contribution in [1.82, 2.24) is 14.8 Å². The van der Waals surface area contributed by atoms with E-state index in [1.165, 1.54) is 16.2 Å². The van der Waals surface area contributed by atoms with Gasteiger partial charge in [-0.15, -0.1) is 11.3 Å². The van der Waals surface area contributed by atoms with E-state index in [2.05, 4.69) is 21.7 Å². The van der Waals surface area contributed by atoms with Crippen molar-refractivity contribution >= 4 is 39.2 Å². The van der Waals surface area contributed by atoms with Crippen molar-refractivity contribution in [2.45, 2.75) is 52.1 Å². The number of fused-ring (bicyclic) bond motifs is 1. The van der Waals surface area contributed by atoms with Gasteiger partial charge in [-0.25, -0.2) is 0 Å². The average molecular weight is 926 g/mol. The second kappa shape index (κ2) is 19.2. The lowest BCUT2D eigenvalue weighted by Gasteiger charge is -2.51. The third-order valence-electron chi connectivity index (χ3n) is 13.3. The van der Waals surface area contributed by atoms with Crippen molar-refractivity contribution in [3.63, 3.8) is 0 Å². The molecule has 4 N–H and O–H groups in total. The van der Waals surface area contributed by atoms with Gasteiger partial charge in [-0.3, -0.25) is 14.5 Å².